The number of aliphatic hydroxyl groups excluding tert-OH is 1. The van der Waals surface area contributed by atoms with Gasteiger partial charge in [0.1, 0.15) is 0 Å². The normalized spacial score (nSPS) is 21.3. The van der Waals surface area contributed by atoms with Crippen molar-refractivity contribution >= 4 is 16.8 Å². The van der Waals surface area contributed by atoms with Crippen molar-refractivity contribution in [2.75, 3.05) is 6.61 Å². The standard InChI is InChI=1S/C19H24N2O2/c1-12-3-6-15-10-17(13(2)20-18(15)9-12)19(23)21-16-7-4-14(11-22)5-8-16/h3,6,9-10,14,16,22H,4-5,7-8,11H2,1-2H3,(H,21,23). The van der Waals surface area contributed by atoms with E-state index in [1.807, 2.05) is 38.1 Å². The summed E-state index contributed by atoms with van der Waals surface area (Å²) in [5.74, 6) is 0.361. The van der Waals surface area contributed by atoms with E-state index >= 15 is 0 Å². The number of carbonyl (C=O) groups excluding carboxylic acids is 1. The molecule has 1 saturated carbocycles. The minimum absolute atomic E-state index is 0.0371. The van der Waals surface area contributed by atoms with Crippen LogP contribution in [-0.4, -0.2) is 28.6 Å². The van der Waals surface area contributed by atoms with Crippen LogP contribution in [0.3, 0.4) is 0 Å². The molecule has 0 spiro atoms. The van der Waals surface area contributed by atoms with E-state index in [1.165, 1.54) is 5.56 Å². The largest absolute Gasteiger partial charge is 0.396 e. The van der Waals surface area contributed by atoms with E-state index in [-0.39, 0.29) is 18.6 Å². The summed E-state index contributed by atoms with van der Waals surface area (Å²) in [5, 5.41) is 13.3. The first-order valence-electron chi connectivity index (χ1n) is 8.36. The highest BCUT2D eigenvalue weighted by molar-refractivity contribution is 5.98. The highest BCUT2D eigenvalue weighted by atomic mass is 16.3. The fourth-order valence-electron chi connectivity index (χ4n) is 3.36. The van der Waals surface area contributed by atoms with Gasteiger partial charge >= 0.3 is 0 Å². The molecule has 0 radical (unpaired) electrons. The van der Waals surface area contributed by atoms with Gasteiger partial charge in [-0.25, -0.2) is 0 Å². The second-order valence-corrected chi connectivity index (χ2v) is 6.69. The molecule has 1 fully saturated rings. The number of nitrogens with zero attached hydrogens (tertiary/aromatic N) is 1. The predicted molar refractivity (Wildman–Crippen MR) is 91.5 cm³/mol. The van der Waals surface area contributed by atoms with Crippen molar-refractivity contribution in [1.82, 2.24) is 10.3 Å². The van der Waals surface area contributed by atoms with Crippen LogP contribution in [0.1, 0.15) is 47.3 Å². The summed E-state index contributed by atoms with van der Waals surface area (Å²) in [5.41, 5.74) is 3.53. The molecule has 0 bridgehead atoms. The Labute approximate surface area is 136 Å². The minimum Gasteiger partial charge on any atom is -0.396 e. The van der Waals surface area contributed by atoms with Crippen LogP contribution >= 0.6 is 0 Å². The van der Waals surface area contributed by atoms with Crippen LogP contribution in [0.2, 0.25) is 0 Å². The van der Waals surface area contributed by atoms with Crippen molar-refractivity contribution in [2.45, 2.75) is 45.6 Å². The van der Waals surface area contributed by atoms with E-state index in [1.54, 1.807) is 0 Å². The number of rotatable bonds is 3. The number of pyridine rings is 1. The molecule has 1 amide bonds. The Hall–Kier alpha value is -1.94. The number of hydrogen-bond donors (Lipinski definition) is 2. The number of aromatic nitrogens is 1. The Bertz CT molecular complexity index is 719. The maximum atomic E-state index is 12.6. The van der Waals surface area contributed by atoms with E-state index < -0.39 is 0 Å². The van der Waals surface area contributed by atoms with Gasteiger partial charge in [-0.3, -0.25) is 9.78 Å². The summed E-state index contributed by atoms with van der Waals surface area (Å²) in [6.07, 6.45) is 3.85. The number of fused-ring (bicyclic) bond motifs is 1. The van der Waals surface area contributed by atoms with Crippen LogP contribution in [-0.2, 0) is 0 Å². The monoisotopic (exact) mass is 312 g/mol. The summed E-state index contributed by atoms with van der Waals surface area (Å²) >= 11 is 0. The van der Waals surface area contributed by atoms with Crippen molar-refractivity contribution in [3.05, 3.63) is 41.1 Å². The van der Waals surface area contributed by atoms with E-state index in [4.69, 9.17) is 0 Å². The molecule has 1 aliphatic rings. The Balaban J connectivity index is 1.76. The van der Waals surface area contributed by atoms with Gasteiger partial charge in [0.15, 0.2) is 0 Å². The smallest absolute Gasteiger partial charge is 0.253 e. The van der Waals surface area contributed by atoms with E-state index in [2.05, 4.69) is 10.3 Å². The van der Waals surface area contributed by atoms with Gasteiger partial charge in [-0.05, 0) is 63.1 Å². The van der Waals surface area contributed by atoms with Crippen molar-refractivity contribution in [2.24, 2.45) is 5.92 Å². The average Bonchev–Trinajstić information content (AvgIpc) is 2.54. The van der Waals surface area contributed by atoms with Crippen LogP contribution in [0.5, 0.6) is 0 Å². The Morgan fingerprint density at radius 1 is 1.22 bits per heavy atom. The third kappa shape index (κ3) is 3.53. The summed E-state index contributed by atoms with van der Waals surface area (Å²) in [6.45, 7) is 4.19. The van der Waals surface area contributed by atoms with Gasteiger partial charge in [-0.2, -0.15) is 0 Å². The molecule has 1 aliphatic carbocycles. The fraction of sp³-hybridized carbons (Fsp3) is 0.474. The lowest BCUT2D eigenvalue weighted by Crippen LogP contribution is -2.38. The Morgan fingerprint density at radius 3 is 2.65 bits per heavy atom. The topological polar surface area (TPSA) is 62.2 Å². The first kappa shape index (κ1) is 15.9. The molecule has 0 unspecified atom stereocenters. The van der Waals surface area contributed by atoms with Crippen molar-refractivity contribution in [1.29, 1.82) is 0 Å². The number of aliphatic hydroxyl groups is 1. The molecule has 2 aromatic rings. The van der Waals surface area contributed by atoms with Crippen LogP contribution in [0.25, 0.3) is 10.9 Å². The molecular formula is C19H24N2O2. The van der Waals surface area contributed by atoms with Crippen LogP contribution in [0.15, 0.2) is 24.3 Å². The molecule has 1 aromatic carbocycles. The molecule has 4 heteroatoms. The van der Waals surface area contributed by atoms with Gasteiger partial charge in [0.25, 0.3) is 5.91 Å². The number of amides is 1. The van der Waals surface area contributed by atoms with Gasteiger partial charge in [0.05, 0.1) is 16.8 Å². The number of aryl methyl sites for hydroxylation is 2. The van der Waals surface area contributed by atoms with Gasteiger partial charge < -0.3 is 10.4 Å². The zero-order valence-corrected chi connectivity index (χ0v) is 13.8. The molecule has 0 aliphatic heterocycles. The molecule has 2 N–H and O–H groups in total. The van der Waals surface area contributed by atoms with Crippen LogP contribution in [0, 0.1) is 19.8 Å². The quantitative estimate of drug-likeness (QED) is 0.915. The van der Waals surface area contributed by atoms with Crippen molar-refractivity contribution < 1.29 is 9.90 Å². The third-order valence-corrected chi connectivity index (χ3v) is 4.85. The molecule has 1 heterocycles. The number of nitrogens with one attached hydrogen (secondary N) is 1. The highest BCUT2D eigenvalue weighted by Crippen LogP contribution is 2.24. The summed E-state index contributed by atoms with van der Waals surface area (Å²) in [6, 6.07) is 8.24. The number of hydrogen-bond acceptors (Lipinski definition) is 3. The summed E-state index contributed by atoms with van der Waals surface area (Å²) < 4.78 is 0. The number of benzene rings is 1. The lowest BCUT2D eigenvalue weighted by molar-refractivity contribution is 0.0913. The lowest BCUT2D eigenvalue weighted by atomic mass is 9.86. The van der Waals surface area contributed by atoms with E-state index in [0.29, 0.717) is 11.5 Å². The molecule has 23 heavy (non-hydrogen) atoms. The van der Waals surface area contributed by atoms with Gasteiger partial charge in [0.2, 0.25) is 0 Å². The molecule has 1 aromatic heterocycles. The maximum Gasteiger partial charge on any atom is 0.253 e. The van der Waals surface area contributed by atoms with Crippen LogP contribution in [0.4, 0.5) is 0 Å². The lowest BCUT2D eigenvalue weighted by Gasteiger charge is -2.28. The highest BCUT2D eigenvalue weighted by Gasteiger charge is 2.23. The molecule has 122 valence electrons. The molecule has 0 atom stereocenters. The Morgan fingerprint density at radius 2 is 1.96 bits per heavy atom. The molecular weight excluding hydrogens is 288 g/mol. The van der Waals surface area contributed by atoms with E-state index in [0.717, 1.165) is 42.3 Å². The first-order chi connectivity index (χ1) is 11.1. The van der Waals surface area contributed by atoms with Gasteiger partial charge in [-0.1, -0.05) is 12.1 Å². The van der Waals surface area contributed by atoms with Gasteiger partial charge in [0, 0.05) is 18.0 Å². The van der Waals surface area contributed by atoms with Crippen molar-refractivity contribution in [3.8, 4) is 0 Å². The second-order valence-electron chi connectivity index (χ2n) is 6.69. The Kier molecular flexibility index (Phi) is 4.62. The first-order valence-corrected chi connectivity index (χ1v) is 8.36. The van der Waals surface area contributed by atoms with Crippen LogP contribution < -0.4 is 5.32 Å². The van der Waals surface area contributed by atoms with Gasteiger partial charge in [-0.15, -0.1) is 0 Å². The predicted octanol–water partition coefficient (Wildman–Crippen LogP) is 3.13. The second kappa shape index (κ2) is 6.67. The SMILES string of the molecule is Cc1ccc2cc(C(=O)NC3CCC(CO)CC3)c(C)nc2c1. The van der Waals surface area contributed by atoms with Crippen molar-refractivity contribution in [3.63, 3.8) is 0 Å². The number of carbonyl (C=O) groups is 1. The zero-order valence-electron chi connectivity index (χ0n) is 13.8. The molecule has 4 nitrogen and oxygen atoms in total. The fourth-order valence-corrected chi connectivity index (χ4v) is 3.36. The average molecular weight is 312 g/mol. The molecule has 3 rings (SSSR count). The third-order valence-electron chi connectivity index (χ3n) is 4.85. The summed E-state index contributed by atoms with van der Waals surface area (Å²) in [4.78, 5) is 17.2. The molecule has 0 saturated heterocycles. The minimum atomic E-state index is -0.0371. The zero-order chi connectivity index (χ0) is 16.4. The van der Waals surface area contributed by atoms with E-state index in [9.17, 15) is 9.90 Å². The summed E-state index contributed by atoms with van der Waals surface area (Å²) in [7, 11) is 0. The maximum absolute atomic E-state index is 12.6.